The minimum atomic E-state index is -0.0281. The van der Waals surface area contributed by atoms with Gasteiger partial charge in [-0.3, -0.25) is 4.79 Å². The average Bonchev–Trinajstić information content (AvgIpc) is 2.95. The van der Waals surface area contributed by atoms with Gasteiger partial charge < -0.3 is 14.5 Å². The van der Waals surface area contributed by atoms with Gasteiger partial charge in [0.1, 0.15) is 0 Å². The zero-order valence-electron chi connectivity index (χ0n) is 13.3. The largest absolute Gasteiger partial charge is 0.441 e. The van der Waals surface area contributed by atoms with E-state index in [0.717, 1.165) is 11.3 Å². The molecule has 1 N–H and O–H groups in total. The summed E-state index contributed by atoms with van der Waals surface area (Å²) in [5.41, 5.74) is 2.19. The second-order valence-electron chi connectivity index (χ2n) is 5.41. The molecule has 0 radical (unpaired) electrons. The minimum absolute atomic E-state index is 0.00480. The maximum atomic E-state index is 11.8. The van der Waals surface area contributed by atoms with E-state index in [1.165, 1.54) is 5.56 Å². The molecule has 1 amide bonds. The van der Waals surface area contributed by atoms with E-state index in [1.807, 2.05) is 38.1 Å². The number of benzene rings is 1. The number of oxazole rings is 1. The molecule has 0 aliphatic heterocycles. The molecule has 0 bridgehead atoms. The highest BCUT2D eigenvalue weighted by molar-refractivity contribution is 5.76. The molecule has 0 spiro atoms. The van der Waals surface area contributed by atoms with Crippen LogP contribution in [0.3, 0.4) is 0 Å². The summed E-state index contributed by atoms with van der Waals surface area (Å²) in [5.74, 6) is 1.27. The number of aromatic nitrogens is 1. The highest BCUT2D eigenvalue weighted by Gasteiger charge is 2.10. The standard InChI is InChI=1S/C17H22N2O3/c1-12-4-6-14(7-5-12)15-10-18-17(22-15)9-8-16(20)19-13(2)11-21-3/h4-7,10,13H,8-9,11H2,1-3H3,(H,19,20). The molecule has 0 aliphatic carbocycles. The molecule has 1 heterocycles. The SMILES string of the molecule is COCC(C)NC(=O)CCc1ncc(-c2ccc(C)cc2)o1. The Balaban J connectivity index is 1.87. The first kappa shape index (κ1) is 16.2. The summed E-state index contributed by atoms with van der Waals surface area (Å²) in [4.78, 5) is 16.0. The molecule has 0 saturated heterocycles. The van der Waals surface area contributed by atoms with Gasteiger partial charge in [-0.2, -0.15) is 0 Å². The Kier molecular flexibility index (Phi) is 5.72. The number of aryl methyl sites for hydroxylation is 2. The highest BCUT2D eigenvalue weighted by Crippen LogP contribution is 2.21. The van der Waals surface area contributed by atoms with Crippen LogP contribution in [0.4, 0.5) is 0 Å². The van der Waals surface area contributed by atoms with Gasteiger partial charge in [0.2, 0.25) is 5.91 Å². The molecular weight excluding hydrogens is 280 g/mol. The molecule has 1 aromatic carbocycles. The van der Waals surface area contributed by atoms with Crippen LogP contribution >= 0.6 is 0 Å². The maximum Gasteiger partial charge on any atom is 0.220 e. The molecule has 0 fully saturated rings. The number of hydrogen-bond donors (Lipinski definition) is 1. The molecule has 5 nitrogen and oxygen atoms in total. The van der Waals surface area contributed by atoms with Crippen LogP contribution in [0.2, 0.25) is 0 Å². The number of rotatable bonds is 7. The van der Waals surface area contributed by atoms with Crippen LogP contribution in [0.5, 0.6) is 0 Å². The molecule has 2 rings (SSSR count). The smallest absolute Gasteiger partial charge is 0.220 e. The third-order valence-corrected chi connectivity index (χ3v) is 3.28. The van der Waals surface area contributed by atoms with E-state index in [4.69, 9.17) is 9.15 Å². The quantitative estimate of drug-likeness (QED) is 0.854. The lowest BCUT2D eigenvalue weighted by Crippen LogP contribution is -2.35. The van der Waals surface area contributed by atoms with E-state index in [2.05, 4.69) is 10.3 Å². The molecular formula is C17H22N2O3. The molecule has 118 valence electrons. The number of amides is 1. The summed E-state index contributed by atoms with van der Waals surface area (Å²) in [7, 11) is 1.61. The van der Waals surface area contributed by atoms with Gasteiger partial charge >= 0.3 is 0 Å². The fourth-order valence-electron chi connectivity index (χ4n) is 2.14. The summed E-state index contributed by atoms with van der Waals surface area (Å²) in [6, 6.07) is 8.06. The van der Waals surface area contributed by atoms with Gasteiger partial charge in [-0.25, -0.2) is 4.98 Å². The van der Waals surface area contributed by atoms with Crippen molar-refractivity contribution in [2.24, 2.45) is 0 Å². The van der Waals surface area contributed by atoms with Crippen LogP contribution in [0, 0.1) is 6.92 Å². The normalized spacial score (nSPS) is 12.1. The van der Waals surface area contributed by atoms with E-state index in [-0.39, 0.29) is 11.9 Å². The van der Waals surface area contributed by atoms with Gasteiger partial charge in [-0.15, -0.1) is 0 Å². The molecule has 5 heteroatoms. The lowest BCUT2D eigenvalue weighted by atomic mass is 10.1. The second kappa shape index (κ2) is 7.75. The second-order valence-corrected chi connectivity index (χ2v) is 5.41. The number of carbonyl (C=O) groups is 1. The van der Waals surface area contributed by atoms with Crippen molar-refractivity contribution in [2.75, 3.05) is 13.7 Å². The van der Waals surface area contributed by atoms with Crippen molar-refractivity contribution in [3.05, 3.63) is 41.9 Å². The van der Waals surface area contributed by atoms with Gasteiger partial charge in [-0.1, -0.05) is 29.8 Å². The van der Waals surface area contributed by atoms with Gasteiger partial charge in [0.15, 0.2) is 11.7 Å². The van der Waals surface area contributed by atoms with Gasteiger partial charge in [-0.05, 0) is 13.8 Å². The fraction of sp³-hybridized carbons (Fsp3) is 0.412. The minimum Gasteiger partial charge on any atom is -0.441 e. The van der Waals surface area contributed by atoms with Crippen molar-refractivity contribution in [3.63, 3.8) is 0 Å². The number of nitrogens with zero attached hydrogens (tertiary/aromatic N) is 1. The Bertz CT molecular complexity index is 605. The predicted octanol–water partition coefficient (Wildman–Crippen LogP) is 2.73. The molecule has 22 heavy (non-hydrogen) atoms. The fourth-order valence-corrected chi connectivity index (χ4v) is 2.14. The van der Waals surface area contributed by atoms with Crippen LogP contribution in [-0.4, -0.2) is 30.6 Å². The Morgan fingerprint density at radius 1 is 1.36 bits per heavy atom. The van der Waals surface area contributed by atoms with Crippen molar-refractivity contribution >= 4 is 5.91 Å². The maximum absolute atomic E-state index is 11.8. The van der Waals surface area contributed by atoms with Gasteiger partial charge in [0, 0.05) is 31.6 Å². The molecule has 0 saturated carbocycles. The van der Waals surface area contributed by atoms with Crippen LogP contribution in [0.1, 0.15) is 24.8 Å². The molecule has 1 aromatic heterocycles. The number of methoxy groups -OCH3 is 1. The summed E-state index contributed by atoms with van der Waals surface area (Å²) in [6.07, 6.45) is 2.53. The summed E-state index contributed by atoms with van der Waals surface area (Å²) >= 11 is 0. The van der Waals surface area contributed by atoms with E-state index in [9.17, 15) is 4.79 Å². The van der Waals surface area contributed by atoms with Crippen molar-refractivity contribution < 1.29 is 13.9 Å². The van der Waals surface area contributed by atoms with Crippen molar-refractivity contribution in [1.29, 1.82) is 0 Å². The first-order valence-electron chi connectivity index (χ1n) is 7.38. The lowest BCUT2D eigenvalue weighted by molar-refractivity contribution is -0.122. The number of nitrogens with one attached hydrogen (secondary N) is 1. The summed E-state index contributed by atoms with van der Waals surface area (Å²) < 4.78 is 10.7. The van der Waals surface area contributed by atoms with E-state index >= 15 is 0 Å². The van der Waals surface area contributed by atoms with Crippen LogP contribution in [0.15, 0.2) is 34.9 Å². The Morgan fingerprint density at radius 3 is 2.77 bits per heavy atom. The van der Waals surface area contributed by atoms with E-state index in [1.54, 1.807) is 13.3 Å². The molecule has 1 atom stereocenters. The predicted molar refractivity (Wildman–Crippen MR) is 84.5 cm³/mol. The Hall–Kier alpha value is -2.14. The summed E-state index contributed by atoms with van der Waals surface area (Å²) in [5, 5.41) is 2.86. The van der Waals surface area contributed by atoms with E-state index in [0.29, 0.717) is 25.3 Å². The van der Waals surface area contributed by atoms with Gasteiger partial charge in [0.05, 0.1) is 12.8 Å². The highest BCUT2D eigenvalue weighted by atomic mass is 16.5. The molecule has 0 aliphatic rings. The first-order valence-corrected chi connectivity index (χ1v) is 7.38. The van der Waals surface area contributed by atoms with Crippen LogP contribution in [-0.2, 0) is 16.0 Å². The monoisotopic (exact) mass is 302 g/mol. The van der Waals surface area contributed by atoms with Crippen molar-refractivity contribution in [3.8, 4) is 11.3 Å². The zero-order chi connectivity index (χ0) is 15.9. The lowest BCUT2D eigenvalue weighted by Gasteiger charge is -2.11. The summed E-state index contributed by atoms with van der Waals surface area (Å²) in [6.45, 7) is 4.45. The molecule has 2 aromatic rings. The topological polar surface area (TPSA) is 64.4 Å². The van der Waals surface area contributed by atoms with Crippen molar-refractivity contribution in [1.82, 2.24) is 10.3 Å². The molecule has 1 unspecified atom stereocenters. The van der Waals surface area contributed by atoms with Crippen LogP contribution < -0.4 is 5.32 Å². The van der Waals surface area contributed by atoms with Gasteiger partial charge in [0.25, 0.3) is 0 Å². The van der Waals surface area contributed by atoms with Crippen LogP contribution in [0.25, 0.3) is 11.3 Å². The Morgan fingerprint density at radius 2 is 2.09 bits per heavy atom. The Labute approximate surface area is 130 Å². The average molecular weight is 302 g/mol. The zero-order valence-corrected chi connectivity index (χ0v) is 13.3. The first-order chi connectivity index (χ1) is 10.6. The van der Waals surface area contributed by atoms with E-state index < -0.39 is 0 Å². The third-order valence-electron chi connectivity index (χ3n) is 3.28. The van der Waals surface area contributed by atoms with Crippen molar-refractivity contribution in [2.45, 2.75) is 32.7 Å². The number of ether oxygens (including phenoxy) is 1. The third kappa shape index (κ3) is 4.70. The number of hydrogen-bond acceptors (Lipinski definition) is 4. The number of carbonyl (C=O) groups excluding carboxylic acids is 1.